The summed E-state index contributed by atoms with van der Waals surface area (Å²) in [7, 11) is -3.70. The van der Waals surface area contributed by atoms with Crippen LogP contribution in [0.25, 0.3) is 0 Å². The molecule has 0 radical (unpaired) electrons. The molecule has 0 aromatic heterocycles. The zero-order chi connectivity index (χ0) is 18.4. The maximum Gasteiger partial charge on any atom is 0.238 e. The fourth-order valence-electron chi connectivity index (χ4n) is 2.34. The smallest absolute Gasteiger partial charge is 0.238 e. The minimum Gasteiger partial charge on any atom is -0.349 e. The van der Waals surface area contributed by atoms with Crippen LogP contribution in [0.5, 0.6) is 0 Å². The first kappa shape index (κ1) is 19.5. The number of carbonyl (C=O) groups is 1. The summed E-state index contributed by atoms with van der Waals surface area (Å²) >= 11 is 1.56. The van der Waals surface area contributed by atoms with E-state index in [0.29, 0.717) is 5.75 Å². The maximum atomic E-state index is 12.1. The van der Waals surface area contributed by atoms with Gasteiger partial charge in [-0.15, -0.1) is 11.8 Å². The van der Waals surface area contributed by atoms with Crippen LogP contribution >= 0.6 is 11.8 Å². The van der Waals surface area contributed by atoms with Gasteiger partial charge in [0.15, 0.2) is 0 Å². The van der Waals surface area contributed by atoms with Crippen LogP contribution in [0.4, 0.5) is 0 Å². The van der Waals surface area contributed by atoms with Crippen LogP contribution < -0.4 is 10.5 Å². The molecule has 0 bridgehead atoms. The van der Waals surface area contributed by atoms with Gasteiger partial charge in [0, 0.05) is 5.75 Å². The first-order valence-electron chi connectivity index (χ1n) is 7.82. The van der Waals surface area contributed by atoms with Crippen molar-refractivity contribution in [3.05, 3.63) is 65.2 Å². The van der Waals surface area contributed by atoms with Crippen LogP contribution in [0.15, 0.2) is 53.4 Å². The molecule has 0 spiro atoms. The van der Waals surface area contributed by atoms with Gasteiger partial charge in [-0.05, 0) is 42.7 Å². The summed E-state index contributed by atoms with van der Waals surface area (Å²) in [5.74, 6) is 1.10. The molecule has 0 unspecified atom stereocenters. The molecule has 0 aliphatic heterocycles. The van der Waals surface area contributed by atoms with Crippen LogP contribution in [0.2, 0.25) is 0 Å². The van der Waals surface area contributed by atoms with E-state index in [2.05, 4.69) is 24.4 Å². The van der Waals surface area contributed by atoms with Gasteiger partial charge in [0.05, 0.1) is 16.7 Å². The van der Waals surface area contributed by atoms with Gasteiger partial charge in [-0.1, -0.05) is 36.4 Å². The molecule has 0 saturated heterocycles. The average molecular weight is 379 g/mol. The summed E-state index contributed by atoms with van der Waals surface area (Å²) in [6.07, 6.45) is 0. The molecule has 0 aliphatic carbocycles. The highest BCUT2D eigenvalue weighted by Crippen LogP contribution is 2.18. The Bertz CT molecular complexity index is 834. The molecule has 2 rings (SSSR count). The molecule has 1 amide bonds. The van der Waals surface area contributed by atoms with Crippen LogP contribution in [0, 0.1) is 6.92 Å². The van der Waals surface area contributed by atoms with Gasteiger partial charge in [-0.2, -0.15) is 0 Å². The van der Waals surface area contributed by atoms with Crippen molar-refractivity contribution in [3.8, 4) is 0 Å². The van der Waals surface area contributed by atoms with Crippen molar-refractivity contribution in [1.82, 2.24) is 5.32 Å². The van der Waals surface area contributed by atoms with E-state index in [0.717, 1.165) is 11.3 Å². The van der Waals surface area contributed by atoms with E-state index in [9.17, 15) is 13.2 Å². The summed E-state index contributed by atoms with van der Waals surface area (Å²) in [6.45, 7) is 3.92. The van der Waals surface area contributed by atoms with Gasteiger partial charge in [0.1, 0.15) is 0 Å². The average Bonchev–Trinajstić information content (AvgIpc) is 2.56. The number of aryl methyl sites for hydroxylation is 1. The monoisotopic (exact) mass is 378 g/mol. The molecular weight excluding hydrogens is 356 g/mol. The number of benzene rings is 2. The van der Waals surface area contributed by atoms with Crippen molar-refractivity contribution in [2.45, 2.75) is 30.5 Å². The van der Waals surface area contributed by atoms with E-state index < -0.39 is 10.0 Å². The third-order valence-corrected chi connectivity index (χ3v) is 5.75. The molecule has 1 atom stereocenters. The van der Waals surface area contributed by atoms with Crippen molar-refractivity contribution in [3.63, 3.8) is 0 Å². The van der Waals surface area contributed by atoms with E-state index in [1.807, 2.05) is 19.1 Å². The van der Waals surface area contributed by atoms with Gasteiger partial charge in [0.2, 0.25) is 15.9 Å². The highest BCUT2D eigenvalue weighted by Gasteiger charge is 2.12. The van der Waals surface area contributed by atoms with Crippen molar-refractivity contribution in [2.75, 3.05) is 5.75 Å². The molecule has 0 aliphatic rings. The van der Waals surface area contributed by atoms with Crippen LogP contribution in [-0.4, -0.2) is 20.1 Å². The Labute approximate surface area is 153 Å². The topological polar surface area (TPSA) is 89.3 Å². The summed E-state index contributed by atoms with van der Waals surface area (Å²) < 4.78 is 22.5. The summed E-state index contributed by atoms with van der Waals surface area (Å²) in [4.78, 5) is 12.1. The maximum absolute atomic E-state index is 12.1. The Hall–Kier alpha value is -1.83. The molecule has 3 N–H and O–H groups in total. The van der Waals surface area contributed by atoms with Crippen LogP contribution in [0.3, 0.4) is 0 Å². The Morgan fingerprint density at radius 2 is 1.80 bits per heavy atom. The summed E-state index contributed by atoms with van der Waals surface area (Å²) in [5, 5.41) is 7.99. The largest absolute Gasteiger partial charge is 0.349 e. The zero-order valence-corrected chi connectivity index (χ0v) is 15.9. The first-order valence-corrected chi connectivity index (χ1v) is 10.5. The SMILES string of the molecule is Cc1ccccc1CSCC(=O)N[C@H](C)c1ccc(S(N)(=O)=O)cc1. The molecule has 0 heterocycles. The highest BCUT2D eigenvalue weighted by atomic mass is 32.2. The number of rotatable bonds is 7. The van der Waals surface area contributed by atoms with Gasteiger partial charge in [-0.25, -0.2) is 13.6 Å². The van der Waals surface area contributed by atoms with E-state index in [1.54, 1.807) is 23.9 Å². The Balaban J connectivity index is 1.84. The second kappa shape index (κ2) is 8.51. The third kappa shape index (κ3) is 5.88. The fraction of sp³-hybridized carbons (Fsp3) is 0.278. The lowest BCUT2D eigenvalue weighted by atomic mass is 10.1. The molecule has 0 fully saturated rings. The molecule has 7 heteroatoms. The van der Waals surface area contributed by atoms with Crippen molar-refractivity contribution in [1.29, 1.82) is 0 Å². The lowest BCUT2D eigenvalue weighted by Gasteiger charge is -2.15. The predicted molar refractivity (Wildman–Crippen MR) is 102 cm³/mol. The quantitative estimate of drug-likeness (QED) is 0.775. The number of carbonyl (C=O) groups excluding carboxylic acids is 1. The normalized spacial score (nSPS) is 12.6. The fourth-order valence-corrected chi connectivity index (χ4v) is 3.77. The molecule has 0 saturated carbocycles. The third-order valence-electron chi connectivity index (χ3n) is 3.84. The first-order chi connectivity index (χ1) is 11.8. The summed E-state index contributed by atoms with van der Waals surface area (Å²) in [5.41, 5.74) is 3.27. The predicted octanol–water partition coefficient (Wildman–Crippen LogP) is 2.75. The van der Waals surface area contributed by atoms with Crippen molar-refractivity contribution >= 4 is 27.7 Å². The molecule has 5 nitrogen and oxygen atoms in total. The molecular formula is C18H22N2O3S2. The number of thioether (sulfide) groups is 1. The molecule has 134 valence electrons. The minimum atomic E-state index is -3.70. The minimum absolute atomic E-state index is 0.0541. The Kier molecular flexibility index (Phi) is 6.64. The zero-order valence-electron chi connectivity index (χ0n) is 14.2. The summed E-state index contributed by atoms with van der Waals surface area (Å²) in [6, 6.07) is 14.1. The van der Waals surface area contributed by atoms with Gasteiger partial charge >= 0.3 is 0 Å². The van der Waals surface area contributed by atoms with Crippen molar-refractivity contribution < 1.29 is 13.2 Å². The highest BCUT2D eigenvalue weighted by molar-refractivity contribution is 7.99. The van der Waals surface area contributed by atoms with Crippen LogP contribution in [-0.2, 0) is 20.6 Å². The number of hydrogen-bond acceptors (Lipinski definition) is 4. The molecule has 25 heavy (non-hydrogen) atoms. The van der Waals surface area contributed by atoms with E-state index in [-0.39, 0.29) is 16.8 Å². The van der Waals surface area contributed by atoms with Crippen molar-refractivity contribution in [2.24, 2.45) is 5.14 Å². The number of nitrogens with two attached hydrogens (primary N) is 1. The van der Waals surface area contributed by atoms with Gasteiger partial charge in [0.25, 0.3) is 0 Å². The number of amides is 1. The number of sulfonamides is 1. The van der Waals surface area contributed by atoms with Gasteiger partial charge in [-0.3, -0.25) is 4.79 Å². The molecule has 2 aromatic rings. The lowest BCUT2D eigenvalue weighted by molar-refractivity contribution is -0.119. The standard InChI is InChI=1S/C18H22N2O3S2/c1-13-5-3-4-6-16(13)11-24-12-18(21)20-14(2)15-7-9-17(10-8-15)25(19,22)23/h3-10,14H,11-12H2,1-2H3,(H,20,21)(H2,19,22,23)/t14-/m1/s1. The Morgan fingerprint density at radius 1 is 1.16 bits per heavy atom. The second-order valence-electron chi connectivity index (χ2n) is 5.82. The van der Waals surface area contributed by atoms with E-state index in [4.69, 9.17) is 5.14 Å². The second-order valence-corrected chi connectivity index (χ2v) is 8.37. The number of primary sulfonamides is 1. The number of nitrogens with one attached hydrogen (secondary N) is 1. The van der Waals surface area contributed by atoms with E-state index >= 15 is 0 Å². The Morgan fingerprint density at radius 3 is 2.40 bits per heavy atom. The lowest BCUT2D eigenvalue weighted by Crippen LogP contribution is -2.28. The van der Waals surface area contributed by atoms with E-state index in [1.165, 1.54) is 23.3 Å². The molecule has 2 aromatic carbocycles. The number of hydrogen-bond donors (Lipinski definition) is 2. The van der Waals surface area contributed by atoms with Crippen LogP contribution in [0.1, 0.15) is 29.7 Å². The van der Waals surface area contributed by atoms with Gasteiger partial charge < -0.3 is 5.32 Å².